The van der Waals surface area contributed by atoms with E-state index in [4.69, 9.17) is 9.84 Å². The minimum atomic E-state index is -3.67. The highest BCUT2D eigenvalue weighted by atomic mass is 32.2. The first-order chi connectivity index (χ1) is 15.0. The maximum absolute atomic E-state index is 12.9. The number of rotatable bonds is 7. The summed E-state index contributed by atoms with van der Waals surface area (Å²) in [6.07, 6.45) is 2.87. The summed E-state index contributed by atoms with van der Waals surface area (Å²) in [5, 5.41) is 21.2. The second-order valence-corrected chi connectivity index (χ2v) is 10.4. The third-order valence-electron chi connectivity index (χ3n) is 5.69. The number of carboxylic acid groups (broad SMARTS) is 1. The molecule has 1 unspecified atom stereocenters. The fraction of sp³-hybridized carbons (Fsp3) is 0.391. The molecule has 1 aliphatic rings. The molecule has 0 saturated heterocycles. The fourth-order valence-corrected chi connectivity index (χ4v) is 5.78. The lowest BCUT2D eigenvalue weighted by Crippen LogP contribution is -2.26. The number of hydrogen-bond donors (Lipinski definition) is 3. The number of aryl methyl sites for hydroxylation is 2. The largest absolute Gasteiger partial charge is 0.507 e. The van der Waals surface area contributed by atoms with E-state index in [0.717, 1.165) is 12.8 Å². The Bertz CT molecular complexity index is 1130. The van der Waals surface area contributed by atoms with Gasteiger partial charge in [0.2, 0.25) is 5.91 Å². The van der Waals surface area contributed by atoms with Gasteiger partial charge in [-0.15, -0.1) is 0 Å². The van der Waals surface area contributed by atoms with Gasteiger partial charge >= 0.3 is 5.97 Å². The Kier molecular flexibility index (Phi) is 6.78. The molecule has 3 rings (SSSR count). The highest BCUT2D eigenvalue weighted by Crippen LogP contribution is 2.38. The van der Waals surface area contributed by atoms with E-state index in [1.807, 2.05) is 0 Å². The van der Waals surface area contributed by atoms with Crippen molar-refractivity contribution in [3.8, 4) is 17.2 Å². The topological polar surface area (TPSA) is 130 Å². The number of anilines is 1. The van der Waals surface area contributed by atoms with Gasteiger partial charge in [-0.2, -0.15) is 0 Å². The molecule has 0 spiro atoms. The quantitative estimate of drug-likeness (QED) is 0.527. The predicted octanol–water partition coefficient (Wildman–Crippen LogP) is 4.18. The molecule has 1 saturated carbocycles. The molecule has 0 aromatic heterocycles. The summed E-state index contributed by atoms with van der Waals surface area (Å²) in [7, 11) is -3.67. The van der Waals surface area contributed by atoms with Gasteiger partial charge in [-0.25, -0.2) is 8.42 Å². The molecule has 9 heteroatoms. The summed E-state index contributed by atoms with van der Waals surface area (Å²) >= 11 is 0. The molecule has 1 amide bonds. The molecule has 0 heterocycles. The van der Waals surface area contributed by atoms with Crippen LogP contribution in [0.4, 0.5) is 5.69 Å². The minimum absolute atomic E-state index is 0.135. The first-order valence-corrected chi connectivity index (χ1v) is 11.9. The number of aromatic hydroxyl groups is 1. The number of carboxylic acids is 1. The van der Waals surface area contributed by atoms with Crippen molar-refractivity contribution < 1.29 is 33.0 Å². The average molecular weight is 462 g/mol. The van der Waals surface area contributed by atoms with E-state index >= 15 is 0 Å². The Hall–Kier alpha value is -3.07. The fourth-order valence-electron chi connectivity index (χ4n) is 3.83. The molecule has 0 radical (unpaired) electrons. The lowest BCUT2D eigenvalue weighted by Gasteiger charge is -2.17. The van der Waals surface area contributed by atoms with Crippen molar-refractivity contribution in [3.05, 3.63) is 41.5 Å². The zero-order chi connectivity index (χ0) is 23.6. The third kappa shape index (κ3) is 4.88. The van der Waals surface area contributed by atoms with Gasteiger partial charge in [0.25, 0.3) is 0 Å². The Labute approximate surface area is 187 Å². The van der Waals surface area contributed by atoms with Crippen LogP contribution in [0.25, 0.3) is 0 Å². The van der Waals surface area contributed by atoms with E-state index < -0.39 is 32.9 Å². The Morgan fingerprint density at radius 3 is 2.25 bits per heavy atom. The summed E-state index contributed by atoms with van der Waals surface area (Å²) in [6, 6.07) is 7.43. The highest BCUT2D eigenvalue weighted by molar-refractivity contribution is 7.92. The van der Waals surface area contributed by atoms with Crippen LogP contribution >= 0.6 is 0 Å². The monoisotopic (exact) mass is 461 g/mol. The normalized spacial score (nSPS) is 15.3. The third-order valence-corrected chi connectivity index (χ3v) is 7.98. The van der Waals surface area contributed by atoms with Crippen molar-refractivity contribution in [2.45, 2.75) is 56.6 Å². The van der Waals surface area contributed by atoms with E-state index in [1.54, 1.807) is 26.0 Å². The van der Waals surface area contributed by atoms with Crippen molar-refractivity contribution >= 4 is 27.4 Å². The number of hydrogen-bond acceptors (Lipinski definition) is 6. The van der Waals surface area contributed by atoms with Crippen LogP contribution in [0, 0.1) is 19.8 Å². The number of nitrogens with one attached hydrogen (secondary N) is 1. The molecule has 172 valence electrons. The number of aliphatic carboxylic acids is 1. The van der Waals surface area contributed by atoms with E-state index in [9.17, 15) is 23.1 Å². The number of carbonyl (C=O) groups is 2. The van der Waals surface area contributed by atoms with Crippen LogP contribution in [0.2, 0.25) is 0 Å². The number of benzene rings is 2. The number of phenols is 1. The maximum atomic E-state index is 12.9. The van der Waals surface area contributed by atoms with Gasteiger partial charge in [-0.3, -0.25) is 9.59 Å². The SMILES string of the molecule is Cc1cc(NC(=O)C(C)C(=O)O)cc(C)c1Oc1ccc(O)c(S(=O)(=O)C2CCCC2)c1. The number of ether oxygens (including phenoxy) is 1. The van der Waals surface area contributed by atoms with Gasteiger partial charge in [0.15, 0.2) is 9.84 Å². The zero-order valence-electron chi connectivity index (χ0n) is 18.2. The van der Waals surface area contributed by atoms with Gasteiger partial charge in [0.05, 0.1) is 5.25 Å². The second-order valence-electron chi connectivity index (χ2n) is 8.17. The molecule has 0 bridgehead atoms. The van der Waals surface area contributed by atoms with Crippen molar-refractivity contribution in [1.29, 1.82) is 0 Å². The molecule has 3 N–H and O–H groups in total. The minimum Gasteiger partial charge on any atom is -0.507 e. The summed E-state index contributed by atoms with van der Waals surface area (Å²) in [6.45, 7) is 4.82. The Morgan fingerprint density at radius 1 is 1.09 bits per heavy atom. The van der Waals surface area contributed by atoms with E-state index in [2.05, 4.69) is 5.32 Å². The van der Waals surface area contributed by atoms with Crippen molar-refractivity contribution in [2.24, 2.45) is 5.92 Å². The molecule has 8 nitrogen and oxygen atoms in total. The molecule has 2 aromatic rings. The molecular formula is C23H27NO7S. The van der Waals surface area contributed by atoms with E-state index in [0.29, 0.717) is 35.4 Å². The van der Waals surface area contributed by atoms with Crippen LogP contribution in [-0.4, -0.2) is 35.8 Å². The first-order valence-electron chi connectivity index (χ1n) is 10.4. The molecule has 1 fully saturated rings. The van der Waals surface area contributed by atoms with Crippen LogP contribution in [0.3, 0.4) is 0 Å². The number of carbonyl (C=O) groups excluding carboxylic acids is 1. The summed E-state index contributed by atoms with van der Waals surface area (Å²) in [5.74, 6) is -2.60. The smallest absolute Gasteiger partial charge is 0.315 e. The van der Waals surface area contributed by atoms with Crippen molar-refractivity contribution in [1.82, 2.24) is 0 Å². The van der Waals surface area contributed by atoms with Crippen LogP contribution < -0.4 is 10.1 Å². The molecular weight excluding hydrogens is 434 g/mol. The average Bonchev–Trinajstić information content (AvgIpc) is 3.27. The summed E-state index contributed by atoms with van der Waals surface area (Å²) in [4.78, 5) is 22.9. The molecule has 2 aromatic carbocycles. The van der Waals surface area contributed by atoms with Crippen molar-refractivity contribution in [2.75, 3.05) is 5.32 Å². The van der Waals surface area contributed by atoms with E-state index in [-0.39, 0.29) is 16.4 Å². The van der Waals surface area contributed by atoms with Gasteiger partial charge < -0.3 is 20.3 Å². The molecule has 1 atom stereocenters. The predicted molar refractivity (Wildman–Crippen MR) is 119 cm³/mol. The number of sulfone groups is 1. The Morgan fingerprint density at radius 2 is 1.69 bits per heavy atom. The second kappa shape index (κ2) is 9.20. The van der Waals surface area contributed by atoms with Gasteiger partial charge in [0.1, 0.15) is 28.1 Å². The standard InChI is InChI=1S/C23H27NO7S/c1-13-10-16(24-22(26)15(3)23(27)28)11-14(2)21(13)31-17-8-9-19(25)20(12-17)32(29,30)18-6-4-5-7-18/h8-12,15,18,25H,4-7H2,1-3H3,(H,24,26)(H,27,28). The molecule has 32 heavy (non-hydrogen) atoms. The van der Waals surface area contributed by atoms with Crippen molar-refractivity contribution in [3.63, 3.8) is 0 Å². The lowest BCUT2D eigenvalue weighted by atomic mass is 10.1. The zero-order valence-corrected chi connectivity index (χ0v) is 19.0. The summed E-state index contributed by atoms with van der Waals surface area (Å²) in [5.41, 5.74) is 1.76. The van der Waals surface area contributed by atoms with Gasteiger partial charge in [0, 0.05) is 11.8 Å². The first kappa shape index (κ1) is 23.6. The Balaban J connectivity index is 1.86. The summed E-state index contributed by atoms with van der Waals surface area (Å²) < 4.78 is 31.8. The number of phenolic OH excluding ortho intramolecular Hbond substituents is 1. The number of amides is 1. The van der Waals surface area contributed by atoms with Crippen LogP contribution in [0.1, 0.15) is 43.7 Å². The van der Waals surface area contributed by atoms with E-state index in [1.165, 1.54) is 25.1 Å². The maximum Gasteiger partial charge on any atom is 0.315 e. The lowest BCUT2D eigenvalue weighted by molar-refractivity contribution is -0.144. The van der Waals surface area contributed by atoms with Gasteiger partial charge in [-0.05, 0) is 69.0 Å². The molecule has 0 aliphatic heterocycles. The van der Waals surface area contributed by atoms with Gasteiger partial charge in [-0.1, -0.05) is 12.8 Å². The van der Waals surface area contributed by atoms with Crippen LogP contribution in [0.15, 0.2) is 35.2 Å². The molecule has 1 aliphatic carbocycles. The van der Waals surface area contributed by atoms with Crippen LogP contribution in [0.5, 0.6) is 17.2 Å². The highest BCUT2D eigenvalue weighted by Gasteiger charge is 2.32. The van der Waals surface area contributed by atoms with Crippen LogP contribution in [-0.2, 0) is 19.4 Å².